The number of hydrogen-bond donors (Lipinski definition) is 0. The third kappa shape index (κ3) is 2.01. The SMILES string of the molecule is CC.CC(C)(C)n1ccc2sccc21. The molecule has 0 bridgehead atoms. The maximum atomic E-state index is 2.32. The van der Waals surface area contributed by atoms with Gasteiger partial charge in [-0.2, -0.15) is 0 Å². The Morgan fingerprint density at radius 2 is 1.79 bits per heavy atom. The van der Waals surface area contributed by atoms with E-state index in [4.69, 9.17) is 0 Å². The van der Waals surface area contributed by atoms with Crippen molar-refractivity contribution in [3.05, 3.63) is 23.7 Å². The van der Waals surface area contributed by atoms with Crippen molar-refractivity contribution in [2.24, 2.45) is 0 Å². The van der Waals surface area contributed by atoms with Crippen LogP contribution in [0.15, 0.2) is 23.7 Å². The molecule has 0 radical (unpaired) electrons. The Bertz CT molecular complexity index is 390. The molecule has 0 N–H and O–H groups in total. The maximum Gasteiger partial charge on any atom is 0.0594 e. The molecule has 0 aliphatic rings. The van der Waals surface area contributed by atoms with Crippen molar-refractivity contribution >= 4 is 21.6 Å². The van der Waals surface area contributed by atoms with Crippen molar-refractivity contribution in [3.8, 4) is 0 Å². The maximum absolute atomic E-state index is 2.32. The Hall–Kier alpha value is -0.760. The second kappa shape index (κ2) is 4.18. The largest absolute Gasteiger partial charge is 0.341 e. The molecule has 78 valence electrons. The van der Waals surface area contributed by atoms with Gasteiger partial charge in [-0.05, 0) is 38.3 Å². The smallest absolute Gasteiger partial charge is 0.0594 e. The molecule has 0 aromatic carbocycles. The molecule has 2 aromatic rings. The summed E-state index contributed by atoms with van der Waals surface area (Å²) in [7, 11) is 0. The molecule has 2 rings (SSSR count). The fourth-order valence-corrected chi connectivity index (χ4v) is 2.22. The van der Waals surface area contributed by atoms with Crippen LogP contribution in [-0.2, 0) is 5.54 Å². The van der Waals surface area contributed by atoms with Gasteiger partial charge < -0.3 is 4.57 Å². The van der Waals surface area contributed by atoms with E-state index >= 15 is 0 Å². The van der Waals surface area contributed by atoms with Gasteiger partial charge in [0.25, 0.3) is 0 Å². The minimum Gasteiger partial charge on any atom is -0.341 e. The second-order valence-electron chi connectivity index (χ2n) is 4.03. The Morgan fingerprint density at radius 1 is 1.14 bits per heavy atom. The average molecular weight is 209 g/mol. The molecular formula is C12H19NS. The Morgan fingerprint density at radius 3 is 2.36 bits per heavy atom. The summed E-state index contributed by atoms with van der Waals surface area (Å²) in [5, 5.41) is 2.15. The van der Waals surface area contributed by atoms with Gasteiger partial charge in [0.15, 0.2) is 0 Å². The first-order valence-corrected chi connectivity index (χ1v) is 6.02. The van der Waals surface area contributed by atoms with Crippen LogP contribution in [-0.4, -0.2) is 4.57 Å². The lowest BCUT2D eigenvalue weighted by atomic mass is 10.1. The van der Waals surface area contributed by atoms with Crippen molar-refractivity contribution < 1.29 is 0 Å². The van der Waals surface area contributed by atoms with E-state index in [0.29, 0.717) is 0 Å². The van der Waals surface area contributed by atoms with Crippen LogP contribution in [0.4, 0.5) is 0 Å². The molecule has 0 aliphatic carbocycles. The standard InChI is InChI=1S/C10H13NS.C2H6/c1-10(2,3)11-6-4-9-8(11)5-7-12-9;1-2/h4-7H,1-3H3;1-2H3. The molecule has 2 aromatic heterocycles. The normalized spacial score (nSPS) is 11.2. The molecule has 0 saturated heterocycles. The van der Waals surface area contributed by atoms with E-state index < -0.39 is 0 Å². The lowest BCUT2D eigenvalue weighted by molar-refractivity contribution is 0.411. The van der Waals surface area contributed by atoms with E-state index in [-0.39, 0.29) is 5.54 Å². The monoisotopic (exact) mass is 209 g/mol. The second-order valence-corrected chi connectivity index (χ2v) is 4.97. The number of nitrogens with zero attached hydrogens (tertiary/aromatic N) is 1. The molecule has 0 saturated carbocycles. The molecule has 2 heteroatoms. The predicted molar refractivity (Wildman–Crippen MR) is 66.2 cm³/mol. The summed E-state index contributed by atoms with van der Waals surface area (Å²) in [4.78, 5) is 0. The number of aromatic nitrogens is 1. The zero-order valence-corrected chi connectivity index (χ0v) is 10.5. The summed E-state index contributed by atoms with van der Waals surface area (Å²) in [6.45, 7) is 10.7. The molecule has 14 heavy (non-hydrogen) atoms. The van der Waals surface area contributed by atoms with Crippen molar-refractivity contribution in [2.45, 2.75) is 40.2 Å². The Labute approximate surface area is 90.4 Å². The van der Waals surface area contributed by atoms with E-state index in [1.54, 1.807) is 11.3 Å². The lowest BCUT2D eigenvalue weighted by Crippen LogP contribution is -2.20. The summed E-state index contributed by atoms with van der Waals surface area (Å²) in [6, 6.07) is 4.37. The summed E-state index contributed by atoms with van der Waals surface area (Å²) in [5.74, 6) is 0. The first kappa shape index (κ1) is 11.3. The van der Waals surface area contributed by atoms with E-state index in [1.165, 1.54) is 10.2 Å². The number of rotatable bonds is 0. The molecule has 0 spiro atoms. The van der Waals surface area contributed by atoms with Crippen LogP contribution >= 0.6 is 11.3 Å². The highest BCUT2D eigenvalue weighted by Crippen LogP contribution is 2.27. The summed E-state index contributed by atoms with van der Waals surface area (Å²) in [5.41, 5.74) is 1.55. The zero-order chi connectivity index (χ0) is 10.8. The van der Waals surface area contributed by atoms with E-state index in [1.807, 2.05) is 13.8 Å². The predicted octanol–water partition coefficient (Wildman–Crippen LogP) is 4.48. The fourth-order valence-electron chi connectivity index (χ4n) is 1.45. The van der Waals surface area contributed by atoms with Gasteiger partial charge in [-0.1, -0.05) is 13.8 Å². The molecule has 2 heterocycles. The van der Waals surface area contributed by atoms with Crippen LogP contribution in [0.25, 0.3) is 10.2 Å². The quantitative estimate of drug-likeness (QED) is 0.602. The van der Waals surface area contributed by atoms with Gasteiger partial charge in [-0.15, -0.1) is 11.3 Å². The van der Waals surface area contributed by atoms with Crippen molar-refractivity contribution in [3.63, 3.8) is 0 Å². The highest BCUT2D eigenvalue weighted by molar-refractivity contribution is 7.17. The molecule has 1 nitrogen and oxygen atoms in total. The minimum atomic E-state index is 0.197. The van der Waals surface area contributed by atoms with Crippen LogP contribution in [0.1, 0.15) is 34.6 Å². The molecule has 0 fully saturated rings. The van der Waals surface area contributed by atoms with Gasteiger partial charge >= 0.3 is 0 Å². The Balaban J connectivity index is 0.000000461. The lowest BCUT2D eigenvalue weighted by Gasteiger charge is -2.21. The van der Waals surface area contributed by atoms with Crippen molar-refractivity contribution in [2.75, 3.05) is 0 Å². The Kier molecular flexibility index (Phi) is 3.38. The average Bonchev–Trinajstić information content (AvgIpc) is 2.64. The van der Waals surface area contributed by atoms with Crippen LogP contribution in [0.3, 0.4) is 0 Å². The third-order valence-corrected chi connectivity index (χ3v) is 2.90. The van der Waals surface area contributed by atoms with Gasteiger partial charge in [0, 0.05) is 11.7 Å². The van der Waals surface area contributed by atoms with Crippen molar-refractivity contribution in [1.82, 2.24) is 4.57 Å². The molecule has 0 aliphatic heterocycles. The summed E-state index contributed by atoms with van der Waals surface area (Å²) < 4.78 is 3.70. The van der Waals surface area contributed by atoms with E-state index in [0.717, 1.165) is 0 Å². The first-order valence-electron chi connectivity index (χ1n) is 5.14. The molecule has 0 amide bonds. The molecular weight excluding hydrogens is 190 g/mol. The van der Waals surface area contributed by atoms with Gasteiger partial charge in [0.1, 0.15) is 0 Å². The minimum absolute atomic E-state index is 0.197. The molecule has 0 atom stereocenters. The highest BCUT2D eigenvalue weighted by atomic mass is 32.1. The molecule has 0 unspecified atom stereocenters. The number of thiophene rings is 1. The van der Waals surface area contributed by atoms with E-state index in [9.17, 15) is 0 Å². The van der Waals surface area contributed by atoms with Gasteiger partial charge in [-0.3, -0.25) is 0 Å². The van der Waals surface area contributed by atoms with Crippen LogP contribution in [0, 0.1) is 0 Å². The van der Waals surface area contributed by atoms with Gasteiger partial charge in [0.05, 0.1) is 10.2 Å². The van der Waals surface area contributed by atoms with Gasteiger partial charge in [-0.25, -0.2) is 0 Å². The topological polar surface area (TPSA) is 4.93 Å². The van der Waals surface area contributed by atoms with Crippen LogP contribution < -0.4 is 0 Å². The van der Waals surface area contributed by atoms with Crippen molar-refractivity contribution in [1.29, 1.82) is 0 Å². The highest BCUT2D eigenvalue weighted by Gasteiger charge is 2.14. The number of hydrogen-bond acceptors (Lipinski definition) is 1. The fraction of sp³-hybridized carbons (Fsp3) is 0.500. The number of fused-ring (bicyclic) bond motifs is 1. The zero-order valence-electron chi connectivity index (χ0n) is 9.66. The first-order chi connectivity index (χ1) is 6.59. The van der Waals surface area contributed by atoms with E-state index in [2.05, 4.69) is 49.0 Å². The summed E-state index contributed by atoms with van der Waals surface area (Å²) in [6.07, 6.45) is 2.17. The summed E-state index contributed by atoms with van der Waals surface area (Å²) >= 11 is 1.80. The van der Waals surface area contributed by atoms with Crippen LogP contribution in [0.5, 0.6) is 0 Å². The van der Waals surface area contributed by atoms with Crippen LogP contribution in [0.2, 0.25) is 0 Å². The van der Waals surface area contributed by atoms with Gasteiger partial charge in [0.2, 0.25) is 0 Å². The third-order valence-electron chi connectivity index (χ3n) is 2.03.